The summed E-state index contributed by atoms with van der Waals surface area (Å²) in [5.41, 5.74) is 0. The van der Waals surface area contributed by atoms with E-state index in [-0.39, 0.29) is 10.0 Å². The maximum atomic E-state index is 12.9. The molecule has 1 N–H and O–H groups in total. The Labute approximate surface area is 131 Å². The van der Waals surface area contributed by atoms with E-state index in [1.165, 1.54) is 10.9 Å². The Morgan fingerprint density at radius 2 is 2.14 bits per heavy atom. The van der Waals surface area contributed by atoms with Crippen LogP contribution >= 0.6 is 11.6 Å². The van der Waals surface area contributed by atoms with E-state index in [0.29, 0.717) is 19.0 Å². The minimum absolute atomic E-state index is 0.0894. The van der Waals surface area contributed by atoms with Gasteiger partial charge in [-0.3, -0.25) is 4.68 Å². The Kier molecular flexibility index (Phi) is 5.65. The normalized spacial score (nSPS) is 17.5. The topological polar surface area (TPSA) is 67.2 Å². The molecule has 1 aliphatic rings. The van der Waals surface area contributed by atoms with Gasteiger partial charge in [-0.1, -0.05) is 18.5 Å². The van der Waals surface area contributed by atoms with Crippen molar-refractivity contribution < 1.29 is 8.42 Å². The Morgan fingerprint density at radius 1 is 1.48 bits per heavy atom. The summed E-state index contributed by atoms with van der Waals surface area (Å²) in [4.78, 5) is 0. The molecular weight excluding hydrogens is 312 g/mol. The van der Waals surface area contributed by atoms with E-state index in [2.05, 4.69) is 10.4 Å². The van der Waals surface area contributed by atoms with Gasteiger partial charge in [-0.2, -0.15) is 9.40 Å². The fourth-order valence-electron chi connectivity index (χ4n) is 2.72. The van der Waals surface area contributed by atoms with E-state index >= 15 is 0 Å². The van der Waals surface area contributed by atoms with Crippen molar-refractivity contribution in [2.75, 3.05) is 26.2 Å². The number of hydrogen-bond donors (Lipinski definition) is 1. The molecule has 21 heavy (non-hydrogen) atoms. The van der Waals surface area contributed by atoms with Crippen LogP contribution in [0.15, 0.2) is 11.2 Å². The molecule has 0 radical (unpaired) electrons. The van der Waals surface area contributed by atoms with Gasteiger partial charge in [-0.25, -0.2) is 8.42 Å². The largest absolute Gasteiger partial charge is 0.317 e. The Morgan fingerprint density at radius 3 is 2.67 bits per heavy atom. The lowest BCUT2D eigenvalue weighted by Crippen LogP contribution is -2.40. The van der Waals surface area contributed by atoms with E-state index in [9.17, 15) is 8.42 Å². The molecule has 0 aliphatic carbocycles. The third-order valence-electron chi connectivity index (χ3n) is 3.82. The number of nitrogens with one attached hydrogen (secondary N) is 1. The summed E-state index contributed by atoms with van der Waals surface area (Å²) in [6.07, 6.45) is 4.17. The van der Waals surface area contributed by atoms with Crippen molar-refractivity contribution in [3.8, 4) is 0 Å². The summed E-state index contributed by atoms with van der Waals surface area (Å²) in [6.45, 7) is 4.96. The quantitative estimate of drug-likeness (QED) is 0.855. The Bertz CT molecular complexity index is 547. The van der Waals surface area contributed by atoms with Gasteiger partial charge in [0.2, 0.25) is 0 Å². The van der Waals surface area contributed by atoms with Gasteiger partial charge in [0, 0.05) is 20.1 Å². The summed E-state index contributed by atoms with van der Waals surface area (Å²) in [5, 5.41) is 7.52. The number of sulfonamides is 1. The number of hydrogen-bond acceptors (Lipinski definition) is 4. The van der Waals surface area contributed by atoms with Crippen molar-refractivity contribution in [2.45, 2.75) is 31.2 Å². The molecule has 0 bridgehead atoms. The molecule has 8 heteroatoms. The van der Waals surface area contributed by atoms with Gasteiger partial charge in [0.15, 0.2) is 5.03 Å². The highest BCUT2D eigenvalue weighted by atomic mass is 35.5. The van der Waals surface area contributed by atoms with Gasteiger partial charge < -0.3 is 5.32 Å². The van der Waals surface area contributed by atoms with Gasteiger partial charge in [0.05, 0.1) is 11.2 Å². The van der Waals surface area contributed by atoms with Crippen molar-refractivity contribution in [1.82, 2.24) is 19.4 Å². The molecule has 1 fully saturated rings. The van der Waals surface area contributed by atoms with Crippen LogP contribution in [-0.2, 0) is 17.1 Å². The van der Waals surface area contributed by atoms with Crippen LogP contribution in [0, 0.1) is 5.92 Å². The van der Waals surface area contributed by atoms with E-state index in [4.69, 9.17) is 11.6 Å². The second kappa shape index (κ2) is 7.09. The average Bonchev–Trinajstić information content (AvgIpc) is 2.79. The van der Waals surface area contributed by atoms with Crippen molar-refractivity contribution >= 4 is 21.6 Å². The summed E-state index contributed by atoms with van der Waals surface area (Å²) < 4.78 is 28.6. The average molecular weight is 335 g/mol. The first-order valence-electron chi connectivity index (χ1n) is 7.35. The number of halogens is 1. The molecule has 0 saturated carbocycles. The first-order chi connectivity index (χ1) is 9.96. The highest BCUT2D eigenvalue weighted by Crippen LogP contribution is 2.25. The Hall–Kier alpha value is -0.630. The van der Waals surface area contributed by atoms with Gasteiger partial charge in [0.1, 0.15) is 0 Å². The molecule has 0 aromatic carbocycles. The summed E-state index contributed by atoms with van der Waals surface area (Å²) in [6, 6.07) is 0. The van der Waals surface area contributed by atoms with Gasteiger partial charge >= 0.3 is 0 Å². The molecule has 0 spiro atoms. The van der Waals surface area contributed by atoms with Crippen LogP contribution in [-0.4, -0.2) is 48.7 Å². The third-order valence-corrected chi connectivity index (χ3v) is 6.19. The van der Waals surface area contributed by atoms with E-state index in [1.54, 1.807) is 11.4 Å². The van der Waals surface area contributed by atoms with Crippen LogP contribution in [0.25, 0.3) is 0 Å². The molecule has 1 aromatic rings. The standard InChI is InChI=1S/C13H23ClN4O2S/c1-3-8-18(10-11-4-6-15-7-5-11)21(19,20)13-12(14)9-16-17(13)2/h9,11,15H,3-8,10H2,1-2H3. The van der Waals surface area contributed by atoms with Crippen molar-refractivity contribution in [2.24, 2.45) is 13.0 Å². The first kappa shape index (κ1) is 16.7. The lowest BCUT2D eigenvalue weighted by molar-refractivity contribution is 0.287. The molecule has 2 heterocycles. The predicted octanol–water partition coefficient (Wildman–Crippen LogP) is 1.47. The van der Waals surface area contributed by atoms with E-state index < -0.39 is 10.0 Å². The van der Waals surface area contributed by atoms with Crippen LogP contribution in [0.3, 0.4) is 0 Å². The minimum Gasteiger partial charge on any atom is -0.317 e. The highest BCUT2D eigenvalue weighted by molar-refractivity contribution is 7.89. The molecule has 2 rings (SSSR count). The molecule has 1 saturated heterocycles. The predicted molar refractivity (Wildman–Crippen MR) is 82.9 cm³/mol. The summed E-state index contributed by atoms with van der Waals surface area (Å²) in [7, 11) is -1.99. The van der Waals surface area contributed by atoms with Crippen molar-refractivity contribution in [1.29, 1.82) is 0 Å². The smallest absolute Gasteiger partial charge is 0.261 e. The van der Waals surface area contributed by atoms with E-state index in [1.807, 2.05) is 6.92 Å². The molecule has 0 amide bonds. The second-order valence-electron chi connectivity index (χ2n) is 5.48. The van der Waals surface area contributed by atoms with Gasteiger partial charge in [0.25, 0.3) is 10.0 Å². The molecule has 6 nitrogen and oxygen atoms in total. The summed E-state index contributed by atoms with van der Waals surface area (Å²) >= 11 is 6.02. The SMILES string of the molecule is CCCN(CC1CCNCC1)S(=O)(=O)c1c(Cl)cnn1C. The third kappa shape index (κ3) is 3.77. The lowest BCUT2D eigenvalue weighted by Gasteiger charge is -2.29. The maximum Gasteiger partial charge on any atom is 0.261 e. The fourth-order valence-corrected chi connectivity index (χ4v) is 4.94. The molecule has 1 aliphatic heterocycles. The summed E-state index contributed by atoms with van der Waals surface area (Å²) in [5.74, 6) is 0.402. The maximum absolute atomic E-state index is 12.9. The monoisotopic (exact) mass is 334 g/mol. The zero-order chi connectivity index (χ0) is 15.5. The molecular formula is C13H23ClN4O2S. The van der Waals surface area contributed by atoms with Crippen LogP contribution in [0.1, 0.15) is 26.2 Å². The molecule has 0 atom stereocenters. The Balaban J connectivity index is 2.23. The zero-order valence-electron chi connectivity index (χ0n) is 12.5. The molecule has 0 unspecified atom stereocenters. The van der Waals surface area contributed by atoms with Gasteiger partial charge in [-0.15, -0.1) is 0 Å². The number of piperidine rings is 1. The van der Waals surface area contributed by atoms with Crippen molar-refractivity contribution in [3.63, 3.8) is 0 Å². The fraction of sp³-hybridized carbons (Fsp3) is 0.769. The van der Waals surface area contributed by atoms with Crippen LogP contribution in [0.2, 0.25) is 5.02 Å². The first-order valence-corrected chi connectivity index (χ1v) is 9.17. The molecule has 1 aromatic heterocycles. The highest BCUT2D eigenvalue weighted by Gasteiger charge is 2.31. The minimum atomic E-state index is -3.60. The van der Waals surface area contributed by atoms with Crippen LogP contribution in [0.5, 0.6) is 0 Å². The van der Waals surface area contributed by atoms with Gasteiger partial charge in [-0.05, 0) is 38.3 Å². The van der Waals surface area contributed by atoms with Crippen LogP contribution in [0.4, 0.5) is 0 Å². The molecule has 120 valence electrons. The number of nitrogens with zero attached hydrogens (tertiary/aromatic N) is 3. The number of rotatable bonds is 6. The number of aryl methyl sites for hydroxylation is 1. The second-order valence-corrected chi connectivity index (χ2v) is 7.74. The zero-order valence-corrected chi connectivity index (χ0v) is 14.1. The number of aromatic nitrogens is 2. The van der Waals surface area contributed by atoms with Crippen molar-refractivity contribution in [3.05, 3.63) is 11.2 Å². The van der Waals surface area contributed by atoms with Crippen LogP contribution < -0.4 is 5.32 Å². The van der Waals surface area contributed by atoms with E-state index in [0.717, 1.165) is 32.4 Å². The lowest BCUT2D eigenvalue weighted by atomic mass is 9.98.